The van der Waals surface area contributed by atoms with E-state index < -0.39 is 0 Å². The summed E-state index contributed by atoms with van der Waals surface area (Å²) in [4.78, 5) is 0. The number of hydrogen-bond donors (Lipinski definition) is 1. The van der Waals surface area contributed by atoms with Crippen molar-refractivity contribution in [1.82, 2.24) is 0 Å². The van der Waals surface area contributed by atoms with Crippen molar-refractivity contribution in [1.29, 1.82) is 0 Å². The molecule has 2 nitrogen and oxygen atoms in total. The Morgan fingerprint density at radius 1 is 0.950 bits per heavy atom. The average molecular weight is 269 g/mol. The average Bonchev–Trinajstić information content (AvgIpc) is 2.36. The van der Waals surface area contributed by atoms with Crippen molar-refractivity contribution in [2.75, 3.05) is 6.61 Å². The molecule has 0 aliphatic rings. The molecular weight excluding hydrogens is 246 g/mol. The first kappa shape index (κ1) is 14.6. The second kappa shape index (κ2) is 6.10. The Morgan fingerprint density at radius 3 is 2.05 bits per heavy atom. The van der Waals surface area contributed by atoms with E-state index in [0.717, 1.165) is 22.4 Å². The number of benzene rings is 2. The van der Waals surface area contributed by atoms with Gasteiger partial charge in [-0.15, -0.1) is 0 Å². The van der Waals surface area contributed by atoms with Crippen molar-refractivity contribution in [2.45, 2.75) is 33.7 Å². The molecular formula is C18H23NO. The lowest BCUT2D eigenvalue weighted by atomic mass is 10.0. The maximum Gasteiger partial charge on any atom is 0.125 e. The Bertz CT molecular complexity index is 564. The minimum absolute atomic E-state index is 0.104. The second-order valence-corrected chi connectivity index (χ2v) is 5.56. The van der Waals surface area contributed by atoms with Crippen molar-refractivity contribution in [3.05, 3.63) is 64.2 Å². The predicted octanol–water partition coefficient (Wildman–Crippen LogP) is 4.00. The van der Waals surface area contributed by atoms with Crippen LogP contribution in [0.5, 0.6) is 5.75 Å². The minimum Gasteiger partial charge on any atom is -0.491 e. The summed E-state index contributed by atoms with van der Waals surface area (Å²) in [5, 5.41) is 0. The highest BCUT2D eigenvalue weighted by molar-refractivity contribution is 5.40. The zero-order valence-electron chi connectivity index (χ0n) is 12.7. The Hall–Kier alpha value is -1.80. The standard InChI is InChI=1S/C18H23NO/c1-12-8-13(2)10-16(9-12)17(19)11-20-18-14(3)6-5-7-15(18)4/h5-10,17H,11,19H2,1-4H3. The topological polar surface area (TPSA) is 35.2 Å². The monoisotopic (exact) mass is 269 g/mol. The molecule has 106 valence electrons. The van der Waals surface area contributed by atoms with E-state index in [2.05, 4.69) is 58.0 Å². The Labute approximate surface area is 121 Å². The summed E-state index contributed by atoms with van der Waals surface area (Å²) in [6, 6.07) is 12.5. The van der Waals surface area contributed by atoms with E-state index in [1.165, 1.54) is 11.1 Å². The quantitative estimate of drug-likeness (QED) is 0.910. The van der Waals surface area contributed by atoms with E-state index in [1.54, 1.807) is 0 Å². The van der Waals surface area contributed by atoms with Crippen LogP contribution >= 0.6 is 0 Å². The Balaban J connectivity index is 2.10. The van der Waals surface area contributed by atoms with Crippen molar-refractivity contribution < 1.29 is 4.74 Å². The molecule has 2 heteroatoms. The second-order valence-electron chi connectivity index (χ2n) is 5.56. The summed E-state index contributed by atoms with van der Waals surface area (Å²) in [5.74, 6) is 0.951. The van der Waals surface area contributed by atoms with Crippen LogP contribution in [0.3, 0.4) is 0 Å². The highest BCUT2D eigenvalue weighted by Crippen LogP contribution is 2.24. The fraction of sp³-hybridized carbons (Fsp3) is 0.333. The van der Waals surface area contributed by atoms with Crippen LogP contribution in [0, 0.1) is 27.7 Å². The van der Waals surface area contributed by atoms with E-state index >= 15 is 0 Å². The molecule has 0 aliphatic carbocycles. The van der Waals surface area contributed by atoms with Crippen LogP contribution in [0.1, 0.15) is 33.9 Å². The molecule has 0 heterocycles. The van der Waals surface area contributed by atoms with Crippen LogP contribution in [0.25, 0.3) is 0 Å². The van der Waals surface area contributed by atoms with Crippen LogP contribution in [0.15, 0.2) is 36.4 Å². The smallest absolute Gasteiger partial charge is 0.125 e. The summed E-state index contributed by atoms with van der Waals surface area (Å²) < 4.78 is 5.94. The summed E-state index contributed by atoms with van der Waals surface area (Å²) in [6.07, 6.45) is 0. The molecule has 0 spiro atoms. The molecule has 0 fully saturated rings. The van der Waals surface area contributed by atoms with Gasteiger partial charge in [-0.1, -0.05) is 47.5 Å². The molecule has 0 aliphatic heterocycles. The molecule has 0 radical (unpaired) electrons. The van der Waals surface area contributed by atoms with Crippen LogP contribution in [0.2, 0.25) is 0 Å². The molecule has 1 unspecified atom stereocenters. The number of nitrogens with two attached hydrogens (primary N) is 1. The predicted molar refractivity (Wildman–Crippen MR) is 84.3 cm³/mol. The van der Waals surface area contributed by atoms with Gasteiger partial charge in [0.1, 0.15) is 12.4 Å². The summed E-state index contributed by atoms with van der Waals surface area (Å²) in [5.41, 5.74) is 12.2. The van der Waals surface area contributed by atoms with Crippen LogP contribution in [0.4, 0.5) is 0 Å². The van der Waals surface area contributed by atoms with Gasteiger partial charge in [0.05, 0.1) is 6.04 Å². The van der Waals surface area contributed by atoms with Crippen molar-refractivity contribution in [2.24, 2.45) is 5.73 Å². The molecule has 0 amide bonds. The lowest BCUT2D eigenvalue weighted by Gasteiger charge is -2.17. The van der Waals surface area contributed by atoms with Crippen LogP contribution in [-0.2, 0) is 0 Å². The first-order valence-electron chi connectivity index (χ1n) is 7.00. The van der Waals surface area contributed by atoms with E-state index in [4.69, 9.17) is 10.5 Å². The number of ether oxygens (including phenoxy) is 1. The van der Waals surface area contributed by atoms with Crippen LogP contribution < -0.4 is 10.5 Å². The number of para-hydroxylation sites is 1. The molecule has 0 saturated heterocycles. The van der Waals surface area contributed by atoms with Crippen LogP contribution in [-0.4, -0.2) is 6.61 Å². The molecule has 2 N–H and O–H groups in total. The molecule has 2 aromatic rings. The highest BCUT2D eigenvalue weighted by atomic mass is 16.5. The maximum atomic E-state index is 6.26. The van der Waals surface area contributed by atoms with Gasteiger partial charge in [-0.05, 0) is 44.4 Å². The van der Waals surface area contributed by atoms with Crippen molar-refractivity contribution in [3.63, 3.8) is 0 Å². The molecule has 0 saturated carbocycles. The zero-order valence-corrected chi connectivity index (χ0v) is 12.7. The molecule has 1 atom stereocenters. The van der Waals surface area contributed by atoms with E-state index in [0.29, 0.717) is 6.61 Å². The van der Waals surface area contributed by atoms with Gasteiger partial charge in [-0.3, -0.25) is 0 Å². The lowest BCUT2D eigenvalue weighted by molar-refractivity contribution is 0.287. The van der Waals surface area contributed by atoms with E-state index in [-0.39, 0.29) is 6.04 Å². The molecule has 2 aromatic carbocycles. The van der Waals surface area contributed by atoms with Gasteiger partial charge in [-0.25, -0.2) is 0 Å². The SMILES string of the molecule is Cc1cc(C)cc(C(N)COc2c(C)cccc2C)c1. The fourth-order valence-electron chi connectivity index (χ4n) is 2.52. The molecule has 0 bridgehead atoms. The molecule has 20 heavy (non-hydrogen) atoms. The summed E-state index contributed by atoms with van der Waals surface area (Å²) in [6.45, 7) is 8.80. The van der Waals surface area contributed by atoms with Gasteiger partial charge in [0.25, 0.3) is 0 Å². The molecule has 0 aromatic heterocycles. The number of hydrogen-bond acceptors (Lipinski definition) is 2. The third-order valence-electron chi connectivity index (χ3n) is 3.49. The van der Waals surface area contributed by atoms with Crippen molar-refractivity contribution in [3.8, 4) is 5.75 Å². The maximum absolute atomic E-state index is 6.26. The van der Waals surface area contributed by atoms with Gasteiger partial charge < -0.3 is 10.5 Å². The molecule has 2 rings (SSSR count). The Kier molecular flexibility index (Phi) is 4.46. The lowest BCUT2D eigenvalue weighted by Crippen LogP contribution is -2.19. The van der Waals surface area contributed by atoms with Gasteiger partial charge >= 0.3 is 0 Å². The van der Waals surface area contributed by atoms with E-state index in [9.17, 15) is 0 Å². The summed E-state index contributed by atoms with van der Waals surface area (Å²) in [7, 11) is 0. The van der Waals surface area contributed by atoms with Gasteiger partial charge in [0, 0.05) is 0 Å². The third-order valence-corrected chi connectivity index (χ3v) is 3.49. The fourth-order valence-corrected chi connectivity index (χ4v) is 2.52. The van der Waals surface area contributed by atoms with Crippen molar-refractivity contribution >= 4 is 0 Å². The number of rotatable bonds is 4. The normalized spacial score (nSPS) is 12.2. The largest absolute Gasteiger partial charge is 0.491 e. The Morgan fingerprint density at radius 2 is 1.50 bits per heavy atom. The van der Waals surface area contributed by atoms with Gasteiger partial charge in [-0.2, -0.15) is 0 Å². The number of aryl methyl sites for hydroxylation is 4. The van der Waals surface area contributed by atoms with Gasteiger partial charge in [0.2, 0.25) is 0 Å². The third kappa shape index (κ3) is 3.40. The zero-order chi connectivity index (χ0) is 14.7. The highest BCUT2D eigenvalue weighted by Gasteiger charge is 2.10. The van der Waals surface area contributed by atoms with E-state index in [1.807, 2.05) is 6.07 Å². The summed E-state index contributed by atoms with van der Waals surface area (Å²) >= 11 is 0. The first-order valence-corrected chi connectivity index (χ1v) is 7.00. The first-order chi connectivity index (χ1) is 9.47. The van der Waals surface area contributed by atoms with Gasteiger partial charge in [0.15, 0.2) is 0 Å². The minimum atomic E-state index is -0.104.